The predicted molar refractivity (Wildman–Crippen MR) is 158 cm³/mol. The van der Waals surface area contributed by atoms with Gasteiger partial charge in [-0.3, -0.25) is 14.6 Å². The van der Waals surface area contributed by atoms with Crippen LogP contribution in [0.25, 0.3) is 11.0 Å². The number of H-pyrrole nitrogens is 1. The number of piperazine rings is 1. The highest BCUT2D eigenvalue weighted by molar-refractivity contribution is 6.05. The average Bonchev–Trinajstić information content (AvgIpc) is 3.52. The Morgan fingerprint density at radius 2 is 1.80 bits per heavy atom. The first-order chi connectivity index (χ1) is 19.1. The number of ether oxygens (including phenoxy) is 1. The molecule has 9 nitrogen and oxygen atoms in total. The summed E-state index contributed by atoms with van der Waals surface area (Å²) in [4.78, 5) is 40.0. The van der Waals surface area contributed by atoms with Crippen LogP contribution in [0.3, 0.4) is 0 Å². The molecule has 2 aromatic carbocycles. The lowest BCUT2D eigenvalue weighted by molar-refractivity contribution is 0.0146. The van der Waals surface area contributed by atoms with E-state index < -0.39 is 5.60 Å². The maximum absolute atomic E-state index is 12.9. The molecule has 2 aliphatic heterocycles. The van der Waals surface area contributed by atoms with Gasteiger partial charge in [0.05, 0.1) is 17.6 Å². The third kappa shape index (κ3) is 7.20. The van der Waals surface area contributed by atoms with Crippen LogP contribution in [0.2, 0.25) is 0 Å². The molecule has 2 saturated heterocycles. The van der Waals surface area contributed by atoms with Crippen molar-refractivity contribution < 1.29 is 14.3 Å². The largest absolute Gasteiger partial charge is 0.444 e. The maximum Gasteiger partial charge on any atom is 0.410 e. The van der Waals surface area contributed by atoms with Crippen molar-refractivity contribution in [1.82, 2.24) is 24.7 Å². The van der Waals surface area contributed by atoms with E-state index in [1.807, 2.05) is 63.2 Å². The average molecular weight is 547 g/mol. The number of carbonyl (C=O) groups excluding carboxylic acids is 2. The standard InChI is InChI=1S/C31H42N6O3/c1-22-6-5-14-37(22)21-28-33-26-12-11-25(20-27(26)34-28)32-29(38)24-9-7-23(8-10-24)13-15-35-16-18-36(19-17-35)30(39)40-31(2,3)4/h7-12,20,22H,5-6,13-19,21H2,1-4H3,(H,32,38)(H,33,34)/t22-/m0/s1. The minimum atomic E-state index is -0.472. The van der Waals surface area contributed by atoms with Crippen molar-refractivity contribution in [2.75, 3.05) is 44.6 Å². The number of nitrogens with zero attached hydrogens (tertiary/aromatic N) is 4. The summed E-state index contributed by atoms with van der Waals surface area (Å²) in [6.45, 7) is 13.8. The lowest BCUT2D eigenvalue weighted by atomic mass is 10.1. The zero-order valence-electron chi connectivity index (χ0n) is 24.2. The van der Waals surface area contributed by atoms with Gasteiger partial charge in [-0.1, -0.05) is 12.1 Å². The zero-order valence-corrected chi connectivity index (χ0v) is 24.2. The number of fused-ring (bicyclic) bond motifs is 1. The van der Waals surface area contributed by atoms with E-state index in [2.05, 4.69) is 27.0 Å². The van der Waals surface area contributed by atoms with Crippen molar-refractivity contribution in [3.8, 4) is 0 Å². The van der Waals surface area contributed by atoms with Crippen LogP contribution < -0.4 is 5.32 Å². The van der Waals surface area contributed by atoms with Crippen molar-refractivity contribution in [3.05, 3.63) is 59.4 Å². The van der Waals surface area contributed by atoms with E-state index >= 15 is 0 Å². The topological polar surface area (TPSA) is 93.8 Å². The van der Waals surface area contributed by atoms with Crippen LogP contribution >= 0.6 is 0 Å². The van der Waals surface area contributed by atoms with Crippen molar-refractivity contribution in [3.63, 3.8) is 0 Å². The molecule has 9 heteroatoms. The second-order valence-corrected chi connectivity index (χ2v) is 12.1. The van der Waals surface area contributed by atoms with Crippen molar-refractivity contribution >= 4 is 28.7 Å². The SMILES string of the molecule is C[C@H]1CCCN1Cc1nc2ccc(NC(=O)c3ccc(CCN4CCN(C(=O)OC(C)(C)C)CC4)cc3)cc2[nH]1. The minimum Gasteiger partial charge on any atom is -0.444 e. The van der Waals surface area contributed by atoms with Gasteiger partial charge in [-0.15, -0.1) is 0 Å². The summed E-state index contributed by atoms with van der Waals surface area (Å²) in [6.07, 6.45) is 3.14. The number of rotatable bonds is 7. The highest BCUT2D eigenvalue weighted by Crippen LogP contribution is 2.22. The Hall–Kier alpha value is -3.43. The fourth-order valence-corrected chi connectivity index (χ4v) is 5.43. The summed E-state index contributed by atoms with van der Waals surface area (Å²) in [5.74, 6) is 0.836. The van der Waals surface area contributed by atoms with Gasteiger partial charge in [0.1, 0.15) is 11.4 Å². The van der Waals surface area contributed by atoms with Crippen molar-refractivity contribution in [2.24, 2.45) is 0 Å². The number of hydrogen-bond acceptors (Lipinski definition) is 6. The van der Waals surface area contributed by atoms with E-state index in [1.165, 1.54) is 18.4 Å². The molecule has 1 atom stereocenters. The maximum atomic E-state index is 12.9. The number of benzene rings is 2. The highest BCUT2D eigenvalue weighted by atomic mass is 16.6. The Bertz CT molecular complexity index is 1320. The van der Waals surface area contributed by atoms with Crippen LogP contribution in [-0.2, 0) is 17.7 Å². The van der Waals surface area contributed by atoms with Gasteiger partial charge in [0, 0.05) is 50.0 Å². The van der Waals surface area contributed by atoms with Gasteiger partial charge in [0.25, 0.3) is 5.91 Å². The molecule has 1 aromatic heterocycles. The van der Waals surface area contributed by atoms with E-state index in [1.54, 1.807) is 4.90 Å². The summed E-state index contributed by atoms with van der Waals surface area (Å²) >= 11 is 0. The lowest BCUT2D eigenvalue weighted by Crippen LogP contribution is -2.50. The van der Waals surface area contributed by atoms with Crippen molar-refractivity contribution in [2.45, 2.75) is 65.1 Å². The Morgan fingerprint density at radius 1 is 1.05 bits per heavy atom. The number of carbonyl (C=O) groups is 2. The summed E-state index contributed by atoms with van der Waals surface area (Å²) < 4.78 is 5.48. The smallest absolute Gasteiger partial charge is 0.410 e. The molecule has 2 N–H and O–H groups in total. The van der Waals surface area contributed by atoms with E-state index in [-0.39, 0.29) is 12.0 Å². The number of imidazole rings is 1. The Morgan fingerprint density at radius 3 is 2.48 bits per heavy atom. The third-order valence-corrected chi connectivity index (χ3v) is 7.79. The first-order valence-electron chi connectivity index (χ1n) is 14.5. The van der Waals surface area contributed by atoms with E-state index in [4.69, 9.17) is 9.72 Å². The zero-order chi connectivity index (χ0) is 28.3. The van der Waals surface area contributed by atoms with Gasteiger partial charge in [-0.25, -0.2) is 9.78 Å². The predicted octanol–water partition coefficient (Wildman–Crippen LogP) is 4.89. The normalized spacial score (nSPS) is 18.8. The molecule has 5 rings (SSSR count). The van der Waals surface area contributed by atoms with E-state index in [9.17, 15) is 9.59 Å². The summed E-state index contributed by atoms with van der Waals surface area (Å²) in [6, 6.07) is 14.2. The second-order valence-electron chi connectivity index (χ2n) is 12.1. The van der Waals surface area contributed by atoms with Crippen LogP contribution in [0.5, 0.6) is 0 Å². The second kappa shape index (κ2) is 12.0. The molecule has 3 aromatic rings. The van der Waals surface area contributed by atoms with Crippen LogP contribution in [0.15, 0.2) is 42.5 Å². The Kier molecular flexibility index (Phi) is 8.42. The number of aromatic nitrogens is 2. The molecule has 0 aliphatic carbocycles. The first-order valence-corrected chi connectivity index (χ1v) is 14.5. The molecule has 2 fully saturated rings. The van der Waals surface area contributed by atoms with Gasteiger partial charge in [0.2, 0.25) is 0 Å². The molecule has 40 heavy (non-hydrogen) atoms. The number of aromatic amines is 1. The quantitative estimate of drug-likeness (QED) is 0.438. The molecule has 0 radical (unpaired) electrons. The van der Waals surface area contributed by atoms with Gasteiger partial charge in [-0.2, -0.15) is 0 Å². The monoisotopic (exact) mass is 546 g/mol. The van der Waals surface area contributed by atoms with Gasteiger partial charge < -0.3 is 19.9 Å². The fraction of sp³-hybridized carbons (Fsp3) is 0.516. The van der Waals surface area contributed by atoms with Crippen LogP contribution in [-0.4, -0.2) is 87.6 Å². The highest BCUT2D eigenvalue weighted by Gasteiger charge is 2.26. The molecule has 0 bridgehead atoms. The molecule has 0 spiro atoms. The lowest BCUT2D eigenvalue weighted by Gasteiger charge is -2.35. The van der Waals surface area contributed by atoms with E-state index in [0.29, 0.717) is 24.7 Å². The number of amides is 2. The molecule has 2 aliphatic rings. The summed E-state index contributed by atoms with van der Waals surface area (Å²) in [5.41, 5.74) is 3.93. The molecule has 214 valence electrons. The summed E-state index contributed by atoms with van der Waals surface area (Å²) in [5, 5.41) is 3.02. The first kappa shape index (κ1) is 28.1. The number of anilines is 1. The number of hydrogen-bond donors (Lipinski definition) is 2. The van der Waals surface area contributed by atoms with Gasteiger partial charge >= 0.3 is 6.09 Å². The molecular formula is C31H42N6O3. The van der Waals surface area contributed by atoms with Gasteiger partial charge in [0.15, 0.2) is 0 Å². The third-order valence-electron chi connectivity index (χ3n) is 7.79. The van der Waals surface area contributed by atoms with Crippen LogP contribution in [0.4, 0.5) is 10.5 Å². The minimum absolute atomic E-state index is 0.130. The van der Waals surface area contributed by atoms with E-state index in [0.717, 1.165) is 61.7 Å². The van der Waals surface area contributed by atoms with Crippen LogP contribution in [0, 0.1) is 0 Å². The molecule has 2 amide bonds. The van der Waals surface area contributed by atoms with Crippen LogP contribution in [0.1, 0.15) is 62.3 Å². The number of likely N-dealkylation sites (tertiary alicyclic amines) is 1. The Labute approximate surface area is 236 Å². The molecule has 0 unspecified atom stereocenters. The fourth-order valence-electron chi connectivity index (χ4n) is 5.43. The molecule has 0 saturated carbocycles. The van der Waals surface area contributed by atoms with Crippen molar-refractivity contribution in [1.29, 1.82) is 0 Å². The number of nitrogens with one attached hydrogen (secondary N) is 2. The molecule has 3 heterocycles. The summed E-state index contributed by atoms with van der Waals surface area (Å²) in [7, 11) is 0. The Balaban J connectivity index is 1.09. The van der Waals surface area contributed by atoms with Gasteiger partial charge in [-0.05, 0) is 89.4 Å². The molecular weight excluding hydrogens is 504 g/mol.